The molecule has 0 radical (unpaired) electrons. The Labute approximate surface area is 110 Å². The molecular weight excluding hydrogens is 280 g/mol. The van der Waals surface area contributed by atoms with Gasteiger partial charge in [0.1, 0.15) is 0 Å². The first kappa shape index (κ1) is 12.4. The number of carbonyl (C=O) groups is 1. The van der Waals surface area contributed by atoms with Crippen molar-refractivity contribution in [2.24, 2.45) is 5.92 Å². The fraction of sp³-hybridized carbons (Fsp3) is 0.462. The van der Waals surface area contributed by atoms with E-state index in [0.717, 1.165) is 4.47 Å². The fourth-order valence-electron chi connectivity index (χ4n) is 2.06. The summed E-state index contributed by atoms with van der Waals surface area (Å²) in [5.41, 5.74) is 6.91. The molecule has 1 aliphatic carbocycles. The maximum absolute atomic E-state index is 12.1. The van der Waals surface area contributed by atoms with Crippen LogP contribution < -0.4 is 11.1 Å². The largest absolute Gasteiger partial charge is 0.399 e. The molecule has 1 unspecified atom stereocenters. The number of hydrogen-bond acceptors (Lipinski definition) is 2. The third-order valence-electron chi connectivity index (χ3n) is 3.45. The van der Waals surface area contributed by atoms with Gasteiger partial charge in [-0.2, -0.15) is 0 Å². The molecule has 1 aromatic carbocycles. The second kappa shape index (κ2) is 5.08. The standard InChI is InChI=1S/C13H17BrN2O/c1-8(9-3-2-4-9)16-13(17)11-7-10(15)5-6-12(11)14/h5-9H,2-4,15H2,1H3,(H,16,17). The number of amides is 1. The Morgan fingerprint density at radius 2 is 2.24 bits per heavy atom. The van der Waals surface area contributed by atoms with Gasteiger partial charge in [0, 0.05) is 16.2 Å². The number of carbonyl (C=O) groups excluding carboxylic acids is 1. The average molecular weight is 297 g/mol. The molecule has 0 saturated heterocycles. The average Bonchev–Trinajstić information content (AvgIpc) is 2.18. The number of benzene rings is 1. The number of hydrogen-bond donors (Lipinski definition) is 2. The first-order chi connectivity index (χ1) is 8.08. The summed E-state index contributed by atoms with van der Waals surface area (Å²) < 4.78 is 0.782. The smallest absolute Gasteiger partial charge is 0.252 e. The van der Waals surface area contributed by atoms with Gasteiger partial charge in [-0.1, -0.05) is 6.42 Å². The Hall–Kier alpha value is -1.03. The summed E-state index contributed by atoms with van der Waals surface area (Å²) in [5.74, 6) is 0.586. The van der Waals surface area contributed by atoms with E-state index in [4.69, 9.17) is 5.73 Å². The summed E-state index contributed by atoms with van der Waals surface area (Å²) in [7, 11) is 0. The molecule has 1 atom stereocenters. The summed E-state index contributed by atoms with van der Waals surface area (Å²) >= 11 is 3.37. The summed E-state index contributed by atoms with van der Waals surface area (Å²) in [6.45, 7) is 2.07. The molecule has 1 amide bonds. The highest BCUT2D eigenvalue weighted by Gasteiger charge is 2.25. The first-order valence-electron chi connectivity index (χ1n) is 5.94. The van der Waals surface area contributed by atoms with Gasteiger partial charge in [-0.3, -0.25) is 4.79 Å². The van der Waals surface area contributed by atoms with Crippen LogP contribution in [0.1, 0.15) is 36.5 Å². The Morgan fingerprint density at radius 3 is 2.82 bits per heavy atom. The number of anilines is 1. The molecule has 1 saturated carbocycles. The van der Waals surface area contributed by atoms with Crippen molar-refractivity contribution in [2.45, 2.75) is 32.2 Å². The lowest BCUT2D eigenvalue weighted by Gasteiger charge is -2.32. The molecule has 92 valence electrons. The zero-order chi connectivity index (χ0) is 12.4. The van der Waals surface area contributed by atoms with E-state index >= 15 is 0 Å². The zero-order valence-corrected chi connectivity index (χ0v) is 11.5. The van der Waals surface area contributed by atoms with Gasteiger partial charge in [0.25, 0.3) is 5.91 Å². The van der Waals surface area contributed by atoms with Gasteiger partial charge in [0.05, 0.1) is 5.56 Å². The van der Waals surface area contributed by atoms with Gasteiger partial charge >= 0.3 is 0 Å². The van der Waals surface area contributed by atoms with Crippen molar-refractivity contribution < 1.29 is 4.79 Å². The number of nitrogens with one attached hydrogen (secondary N) is 1. The van der Waals surface area contributed by atoms with Gasteiger partial charge in [-0.05, 0) is 59.8 Å². The van der Waals surface area contributed by atoms with Crippen LogP contribution >= 0.6 is 15.9 Å². The van der Waals surface area contributed by atoms with Crippen LogP contribution in [-0.4, -0.2) is 11.9 Å². The predicted molar refractivity (Wildman–Crippen MR) is 72.8 cm³/mol. The van der Waals surface area contributed by atoms with Gasteiger partial charge < -0.3 is 11.1 Å². The van der Waals surface area contributed by atoms with Crippen LogP contribution in [0.2, 0.25) is 0 Å². The van der Waals surface area contributed by atoms with Gasteiger partial charge in [0.15, 0.2) is 0 Å². The van der Waals surface area contributed by atoms with E-state index < -0.39 is 0 Å². The SMILES string of the molecule is CC(NC(=O)c1cc(N)ccc1Br)C1CCC1. The van der Waals surface area contributed by atoms with Crippen LogP contribution in [0.4, 0.5) is 5.69 Å². The predicted octanol–water partition coefficient (Wildman–Crippen LogP) is 2.95. The normalized spacial score (nSPS) is 17.3. The summed E-state index contributed by atoms with van der Waals surface area (Å²) in [5, 5.41) is 3.04. The molecule has 3 N–H and O–H groups in total. The van der Waals surface area contributed by atoms with Crippen molar-refractivity contribution in [1.82, 2.24) is 5.32 Å². The molecule has 0 spiro atoms. The van der Waals surface area contributed by atoms with Gasteiger partial charge in [-0.25, -0.2) is 0 Å². The van der Waals surface area contributed by atoms with Crippen LogP contribution in [0.25, 0.3) is 0 Å². The van der Waals surface area contributed by atoms with Crippen LogP contribution in [0.15, 0.2) is 22.7 Å². The van der Waals surface area contributed by atoms with E-state index in [-0.39, 0.29) is 11.9 Å². The second-order valence-corrected chi connectivity index (χ2v) is 5.55. The molecule has 3 nitrogen and oxygen atoms in total. The van der Waals surface area contributed by atoms with Crippen molar-refractivity contribution in [2.75, 3.05) is 5.73 Å². The zero-order valence-electron chi connectivity index (χ0n) is 9.87. The van der Waals surface area contributed by atoms with E-state index in [9.17, 15) is 4.79 Å². The number of rotatable bonds is 3. The van der Waals surface area contributed by atoms with Crippen molar-refractivity contribution in [1.29, 1.82) is 0 Å². The minimum atomic E-state index is -0.0522. The highest BCUT2D eigenvalue weighted by atomic mass is 79.9. The van der Waals surface area contributed by atoms with E-state index in [1.807, 2.05) is 0 Å². The van der Waals surface area contributed by atoms with Crippen molar-refractivity contribution in [3.8, 4) is 0 Å². The molecule has 1 fully saturated rings. The van der Waals surface area contributed by atoms with E-state index in [2.05, 4.69) is 28.2 Å². The number of nitrogen functional groups attached to an aromatic ring is 1. The Morgan fingerprint density at radius 1 is 1.53 bits per heavy atom. The van der Waals surface area contributed by atoms with Crippen LogP contribution in [0.3, 0.4) is 0 Å². The van der Waals surface area contributed by atoms with E-state index in [0.29, 0.717) is 17.2 Å². The maximum atomic E-state index is 12.1. The summed E-state index contributed by atoms with van der Waals surface area (Å²) in [4.78, 5) is 12.1. The monoisotopic (exact) mass is 296 g/mol. The molecular formula is C13H17BrN2O. The van der Waals surface area contributed by atoms with Crippen LogP contribution in [0, 0.1) is 5.92 Å². The Bertz CT molecular complexity index is 429. The van der Waals surface area contributed by atoms with Crippen LogP contribution in [-0.2, 0) is 0 Å². The van der Waals surface area contributed by atoms with E-state index in [1.165, 1.54) is 19.3 Å². The van der Waals surface area contributed by atoms with Crippen molar-refractivity contribution in [3.05, 3.63) is 28.2 Å². The highest BCUT2D eigenvalue weighted by Crippen LogP contribution is 2.29. The van der Waals surface area contributed by atoms with Crippen molar-refractivity contribution in [3.63, 3.8) is 0 Å². The lowest BCUT2D eigenvalue weighted by atomic mass is 9.80. The molecule has 0 aromatic heterocycles. The van der Waals surface area contributed by atoms with Gasteiger partial charge in [-0.15, -0.1) is 0 Å². The summed E-state index contributed by atoms with van der Waals surface area (Å²) in [6, 6.07) is 5.52. The van der Waals surface area contributed by atoms with Crippen molar-refractivity contribution >= 4 is 27.5 Å². The van der Waals surface area contributed by atoms with E-state index in [1.54, 1.807) is 18.2 Å². The molecule has 0 bridgehead atoms. The fourth-order valence-corrected chi connectivity index (χ4v) is 2.49. The molecule has 2 rings (SSSR count). The molecule has 0 aliphatic heterocycles. The Balaban J connectivity index is 2.05. The van der Waals surface area contributed by atoms with Gasteiger partial charge in [0.2, 0.25) is 0 Å². The second-order valence-electron chi connectivity index (χ2n) is 4.69. The Kier molecular flexibility index (Phi) is 3.72. The number of nitrogens with two attached hydrogens (primary N) is 1. The highest BCUT2D eigenvalue weighted by molar-refractivity contribution is 9.10. The number of halogens is 1. The first-order valence-corrected chi connectivity index (χ1v) is 6.73. The maximum Gasteiger partial charge on any atom is 0.252 e. The molecule has 1 aromatic rings. The minimum Gasteiger partial charge on any atom is -0.399 e. The quantitative estimate of drug-likeness (QED) is 0.843. The summed E-state index contributed by atoms with van der Waals surface area (Å²) in [6.07, 6.45) is 3.73. The topological polar surface area (TPSA) is 55.1 Å². The third kappa shape index (κ3) is 2.80. The van der Waals surface area contributed by atoms with Crippen LogP contribution in [0.5, 0.6) is 0 Å². The molecule has 1 aliphatic rings. The third-order valence-corrected chi connectivity index (χ3v) is 4.14. The lowest BCUT2D eigenvalue weighted by Crippen LogP contribution is -2.40. The molecule has 4 heteroatoms. The molecule has 0 heterocycles. The minimum absolute atomic E-state index is 0.0522. The lowest BCUT2D eigenvalue weighted by molar-refractivity contribution is 0.0908. The molecule has 17 heavy (non-hydrogen) atoms.